The first-order valence-electron chi connectivity index (χ1n) is 8.78. The summed E-state index contributed by atoms with van der Waals surface area (Å²) in [4.78, 5) is 27.0. The number of aryl methyl sites for hydroxylation is 1. The Labute approximate surface area is 160 Å². The van der Waals surface area contributed by atoms with Gasteiger partial charge in [-0.1, -0.05) is 48.0 Å². The number of nitrogens with zero attached hydrogens (tertiary/aromatic N) is 1. The van der Waals surface area contributed by atoms with E-state index < -0.39 is 6.04 Å². The molecule has 0 spiro atoms. The lowest BCUT2D eigenvalue weighted by molar-refractivity contribution is -0.140. The van der Waals surface area contributed by atoms with Crippen LogP contribution in [0.2, 0.25) is 5.02 Å². The van der Waals surface area contributed by atoms with Gasteiger partial charge in [0.1, 0.15) is 6.04 Å². The highest BCUT2D eigenvalue weighted by molar-refractivity contribution is 6.30. The molecule has 0 unspecified atom stereocenters. The van der Waals surface area contributed by atoms with E-state index in [2.05, 4.69) is 5.32 Å². The molecule has 4 nitrogen and oxygen atoms in total. The fourth-order valence-electron chi connectivity index (χ4n) is 2.75. The van der Waals surface area contributed by atoms with Gasteiger partial charge in [0.25, 0.3) is 0 Å². The second-order valence-electron chi connectivity index (χ2n) is 6.32. The van der Waals surface area contributed by atoms with Crippen LogP contribution in [0.5, 0.6) is 0 Å². The van der Waals surface area contributed by atoms with E-state index in [0.29, 0.717) is 18.1 Å². The molecule has 5 heteroatoms. The average Bonchev–Trinajstić information content (AvgIpc) is 2.62. The average molecular weight is 373 g/mol. The summed E-state index contributed by atoms with van der Waals surface area (Å²) in [6.07, 6.45) is 0.229. The Morgan fingerprint density at radius 3 is 2.38 bits per heavy atom. The molecule has 138 valence electrons. The van der Waals surface area contributed by atoms with Crippen LogP contribution in [0.3, 0.4) is 0 Å². The van der Waals surface area contributed by atoms with Gasteiger partial charge in [0.05, 0.1) is 6.42 Å². The summed E-state index contributed by atoms with van der Waals surface area (Å²) in [5.74, 6) is -0.236. The van der Waals surface area contributed by atoms with E-state index in [1.165, 1.54) is 0 Å². The second kappa shape index (κ2) is 9.39. The van der Waals surface area contributed by atoms with Crippen molar-refractivity contribution in [2.24, 2.45) is 0 Å². The van der Waals surface area contributed by atoms with Crippen LogP contribution < -0.4 is 5.32 Å². The fraction of sp³-hybridized carbons (Fsp3) is 0.333. The maximum atomic E-state index is 13.0. The molecule has 26 heavy (non-hydrogen) atoms. The van der Waals surface area contributed by atoms with Gasteiger partial charge in [-0.2, -0.15) is 0 Å². The third-order valence-electron chi connectivity index (χ3n) is 4.39. The zero-order valence-corrected chi connectivity index (χ0v) is 16.2. The molecule has 2 aromatic rings. The number of carbonyl (C=O) groups is 2. The molecule has 2 aromatic carbocycles. The van der Waals surface area contributed by atoms with Crippen molar-refractivity contribution < 1.29 is 9.59 Å². The monoisotopic (exact) mass is 372 g/mol. The minimum Gasteiger partial charge on any atom is -0.355 e. The first-order chi connectivity index (χ1) is 12.4. The molecule has 1 N–H and O–H groups in total. The van der Waals surface area contributed by atoms with Gasteiger partial charge >= 0.3 is 0 Å². The van der Waals surface area contributed by atoms with Gasteiger partial charge < -0.3 is 10.2 Å². The summed E-state index contributed by atoms with van der Waals surface area (Å²) in [5.41, 5.74) is 3.00. The number of hydrogen-bond acceptors (Lipinski definition) is 2. The van der Waals surface area contributed by atoms with Gasteiger partial charge in [0, 0.05) is 18.1 Å². The molecule has 0 aliphatic rings. The molecule has 0 heterocycles. The van der Waals surface area contributed by atoms with E-state index in [9.17, 15) is 9.59 Å². The standard InChI is InChI=1S/C21H25ClN2O2/c1-4-23-21(26)16(3)24(14-18-8-6-5-7-15(18)2)20(25)13-17-9-11-19(22)12-10-17/h5-12,16H,4,13-14H2,1-3H3,(H,23,26)/t16-/m0/s1. The van der Waals surface area contributed by atoms with Gasteiger partial charge in [-0.3, -0.25) is 9.59 Å². The summed E-state index contributed by atoms with van der Waals surface area (Å²) in [6.45, 7) is 6.58. The lowest BCUT2D eigenvalue weighted by Crippen LogP contribution is -2.48. The molecule has 0 bridgehead atoms. The van der Waals surface area contributed by atoms with Crippen molar-refractivity contribution in [3.63, 3.8) is 0 Å². The SMILES string of the molecule is CCNC(=O)[C@H](C)N(Cc1ccccc1C)C(=O)Cc1ccc(Cl)cc1. The molecule has 0 aliphatic heterocycles. The minimum atomic E-state index is -0.547. The van der Waals surface area contributed by atoms with Crippen molar-refractivity contribution in [2.45, 2.75) is 39.8 Å². The molecule has 0 saturated heterocycles. The molecule has 0 aliphatic carbocycles. The molecule has 0 saturated carbocycles. The zero-order valence-electron chi connectivity index (χ0n) is 15.5. The van der Waals surface area contributed by atoms with Crippen molar-refractivity contribution >= 4 is 23.4 Å². The van der Waals surface area contributed by atoms with Crippen LogP contribution >= 0.6 is 11.6 Å². The van der Waals surface area contributed by atoms with Crippen LogP contribution in [0.4, 0.5) is 0 Å². The molecule has 1 atom stereocenters. The summed E-state index contributed by atoms with van der Waals surface area (Å²) in [5, 5.41) is 3.44. The van der Waals surface area contributed by atoms with E-state index >= 15 is 0 Å². The highest BCUT2D eigenvalue weighted by Crippen LogP contribution is 2.16. The Balaban J connectivity index is 2.23. The van der Waals surface area contributed by atoms with Crippen LogP contribution in [-0.2, 0) is 22.6 Å². The van der Waals surface area contributed by atoms with Crippen molar-refractivity contribution in [2.75, 3.05) is 6.54 Å². The number of hydrogen-bond donors (Lipinski definition) is 1. The molecular weight excluding hydrogens is 348 g/mol. The lowest BCUT2D eigenvalue weighted by atomic mass is 10.1. The third kappa shape index (κ3) is 5.33. The Morgan fingerprint density at radius 1 is 1.12 bits per heavy atom. The maximum absolute atomic E-state index is 13.0. The number of carbonyl (C=O) groups excluding carboxylic acids is 2. The maximum Gasteiger partial charge on any atom is 0.242 e. The third-order valence-corrected chi connectivity index (χ3v) is 4.64. The number of halogens is 1. The van der Waals surface area contributed by atoms with Crippen LogP contribution in [0.1, 0.15) is 30.5 Å². The van der Waals surface area contributed by atoms with Gasteiger partial charge in [-0.05, 0) is 49.6 Å². The highest BCUT2D eigenvalue weighted by atomic mass is 35.5. The topological polar surface area (TPSA) is 49.4 Å². The zero-order chi connectivity index (χ0) is 19.1. The van der Waals surface area contributed by atoms with Gasteiger partial charge in [-0.25, -0.2) is 0 Å². The quantitative estimate of drug-likeness (QED) is 0.804. The Kier molecular flexibility index (Phi) is 7.22. The lowest BCUT2D eigenvalue weighted by Gasteiger charge is -2.29. The largest absolute Gasteiger partial charge is 0.355 e. The molecule has 2 rings (SSSR count). The van der Waals surface area contributed by atoms with Gasteiger partial charge in [0.15, 0.2) is 0 Å². The minimum absolute atomic E-state index is 0.0886. The number of rotatable bonds is 7. The molecule has 0 fully saturated rings. The normalized spacial score (nSPS) is 11.7. The predicted octanol–water partition coefficient (Wildman–Crippen LogP) is 3.74. The number of benzene rings is 2. The Bertz CT molecular complexity index is 759. The second-order valence-corrected chi connectivity index (χ2v) is 6.76. The van der Waals surface area contributed by atoms with E-state index in [0.717, 1.165) is 16.7 Å². The smallest absolute Gasteiger partial charge is 0.242 e. The van der Waals surface area contributed by atoms with Crippen LogP contribution in [0.15, 0.2) is 48.5 Å². The van der Waals surface area contributed by atoms with Crippen LogP contribution in [-0.4, -0.2) is 29.3 Å². The van der Waals surface area contributed by atoms with Crippen molar-refractivity contribution in [1.29, 1.82) is 0 Å². The van der Waals surface area contributed by atoms with E-state index in [4.69, 9.17) is 11.6 Å². The van der Waals surface area contributed by atoms with Crippen LogP contribution in [0, 0.1) is 6.92 Å². The summed E-state index contributed by atoms with van der Waals surface area (Å²) < 4.78 is 0. The Hall–Kier alpha value is -2.33. The van der Waals surface area contributed by atoms with E-state index in [-0.39, 0.29) is 18.2 Å². The number of likely N-dealkylation sites (N-methyl/N-ethyl adjacent to an activating group) is 1. The van der Waals surface area contributed by atoms with Gasteiger partial charge in [0.2, 0.25) is 11.8 Å². The van der Waals surface area contributed by atoms with E-state index in [1.807, 2.05) is 50.2 Å². The first kappa shape index (κ1) is 20.0. The predicted molar refractivity (Wildman–Crippen MR) is 105 cm³/mol. The van der Waals surface area contributed by atoms with Crippen molar-refractivity contribution in [1.82, 2.24) is 10.2 Å². The number of nitrogens with one attached hydrogen (secondary N) is 1. The first-order valence-corrected chi connectivity index (χ1v) is 9.16. The van der Waals surface area contributed by atoms with Crippen molar-refractivity contribution in [3.05, 3.63) is 70.2 Å². The Morgan fingerprint density at radius 2 is 1.77 bits per heavy atom. The van der Waals surface area contributed by atoms with Crippen molar-refractivity contribution in [3.8, 4) is 0 Å². The summed E-state index contributed by atoms with van der Waals surface area (Å²) in [6, 6.07) is 14.6. The molecule has 2 amide bonds. The molecular formula is C21H25ClN2O2. The van der Waals surface area contributed by atoms with E-state index in [1.54, 1.807) is 24.0 Å². The summed E-state index contributed by atoms with van der Waals surface area (Å²) >= 11 is 5.91. The highest BCUT2D eigenvalue weighted by Gasteiger charge is 2.26. The van der Waals surface area contributed by atoms with Gasteiger partial charge in [-0.15, -0.1) is 0 Å². The molecule has 0 aromatic heterocycles. The number of amides is 2. The fourth-order valence-corrected chi connectivity index (χ4v) is 2.88. The summed E-state index contributed by atoms with van der Waals surface area (Å²) in [7, 11) is 0. The molecule has 0 radical (unpaired) electrons. The van der Waals surface area contributed by atoms with Crippen LogP contribution in [0.25, 0.3) is 0 Å².